The van der Waals surface area contributed by atoms with Crippen molar-refractivity contribution in [3.05, 3.63) is 118 Å². The van der Waals surface area contributed by atoms with E-state index in [-0.39, 0.29) is 0 Å². The van der Waals surface area contributed by atoms with Gasteiger partial charge in [0.1, 0.15) is 36.9 Å². The van der Waals surface area contributed by atoms with Crippen molar-refractivity contribution in [1.29, 1.82) is 0 Å². The number of ether oxygens (including phenoxy) is 2. The Kier molecular flexibility index (Phi) is 18.8. The first kappa shape index (κ1) is 54.8. The second kappa shape index (κ2) is 25.3. The molecule has 4 aromatic carbocycles. The Morgan fingerprint density at radius 1 is 0.595 bits per heavy atom. The molecule has 18 nitrogen and oxygen atoms in total. The summed E-state index contributed by atoms with van der Waals surface area (Å²) in [5.41, 5.74) is 6.92. The number of carboxylic acids is 4. The number of H-pyrrole nitrogens is 2. The number of thiazole rings is 2. The Labute approximate surface area is 434 Å². The fourth-order valence-corrected chi connectivity index (χ4v) is 11.8. The minimum absolute atomic E-state index is 0.300. The van der Waals surface area contributed by atoms with Crippen LogP contribution in [-0.4, -0.2) is 148 Å². The predicted octanol–water partition coefficient (Wildman–Crippen LogP) is 8.50. The summed E-state index contributed by atoms with van der Waals surface area (Å²) in [4.78, 5) is 57.5. The minimum atomic E-state index is -1.82. The molecule has 0 amide bonds. The molecule has 6 atom stereocenters. The molecule has 0 aliphatic carbocycles. The molecule has 2 aliphatic rings. The third kappa shape index (κ3) is 14.2. The number of carbonyl (C=O) groups is 4. The second-order valence-electron chi connectivity index (χ2n) is 18.6. The average molecular weight is 1050 g/mol. The van der Waals surface area contributed by atoms with E-state index in [2.05, 4.69) is 83.9 Å². The van der Waals surface area contributed by atoms with Gasteiger partial charge in [0.05, 0.1) is 30.4 Å². The number of aliphatic hydroxyl groups is 2. The Hall–Kier alpha value is -6.94. The van der Waals surface area contributed by atoms with Crippen molar-refractivity contribution in [3.8, 4) is 11.5 Å². The summed E-state index contributed by atoms with van der Waals surface area (Å²) in [6.07, 6.45) is 7.11. The maximum atomic E-state index is 10.6. The first-order chi connectivity index (χ1) is 35.4. The molecule has 392 valence electrons. The molecule has 8 N–H and O–H groups in total. The largest absolute Gasteiger partial charge is 0.490 e. The summed E-state index contributed by atoms with van der Waals surface area (Å²) < 4.78 is 14.5. The van der Waals surface area contributed by atoms with Crippen LogP contribution in [0.3, 0.4) is 0 Å². The van der Waals surface area contributed by atoms with Gasteiger partial charge in [0, 0.05) is 71.2 Å². The van der Waals surface area contributed by atoms with Gasteiger partial charge in [-0.05, 0) is 126 Å². The van der Waals surface area contributed by atoms with Gasteiger partial charge < -0.3 is 50.1 Å². The van der Waals surface area contributed by atoms with Gasteiger partial charge in [0.2, 0.25) is 0 Å². The molecule has 2 fully saturated rings. The maximum Gasteiger partial charge on any atom is 0.414 e. The molecular weight excluding hydrogens is 989 g/mol. The fourth-order valence-electron chi connectivity index (χ4n) is 9.37. The van der Waals surface area contributed by atoms with Gasteiger partial charge in [-0.1, -0.05) is 36.4 Å². The average Bonchev–Trinajstić information content (AvgIpc) is 4.22. The Morgan fingerprint density at radius 2 is 0.973 bits per heavy atom. The fraction of sp³-hybridized carbons (Fsp3) is 0.370. The first-order valence-corrected chi connectivity index (χ1v) is 26.0. The smallest absolute Gasteiger partial charge is 0.414 e. The number of aliphatic hydroxyl groups excluding tert-OH is 2. The third-order valence-electron chi connectivity index (χ3n) is 13.2. The molecule has 0 bridgehead atoms. The number of para-hydroxylation sites is 2. The highest BCUT2D eigenvalue weighted by molar-refractivity contribution is 7.19. The molecule has 8 aromatic rings. The van der Waals surface area contributed by atoms with E-state index in [9.17, 15) is 10.2 Å². The number of benzene rings is 4. The van der Waals surface area contributed by atoms with E-state index in [1.807, 2.05) is 83.6 Å². The molecule has 10 rings (SSSR count). The van der Waals surface area contributed by atoms with Gasteiger partial charge in [0.15, 0.2) is 0 Å². The van der Waals surface area contributed by atoms with E-state index >= 15 is 0 Å². The lowest BCUT2D eigenvalue weighted by molar-refractivity contribution is -0.159. The molecule has 0 radical (unpaired) electrons. The molecule has 6 heterocycles. The van der Waals surface area contributed by atoms with Crippen LogP contribution in [0.1, 0.15) is 72.5 Å². The number of hydrogen-bond acceptors (Lipinski definition) is 14. The lowest BCUT2D eigenvalue weighted by Gasteiger charge is -2.38. The van der Waals surface area contributed by atoms with Crippen molar-refractivity contribution in [2.45, 2.75) is 89.5 Å². The summed E-state index contributed by atoms with van der Waals surface area (Å²) >= 11 is 3.68. The van der Waals surface area contributed by atoms with Gasteiger partial charge >= 0.3 is 23.9 Å². The lowest BCUT2D eigenvalue weighted by Crippen LogP contribution is -2.45. The zero-order valence-electron chi connectivity index (χ0n) is 41.5. The van der Waals surface area contributed by atoms with Gasteiger partial charge in [0.25, 0.3) is 0 Å². The minimum Gasteiger partial charge on any atom is -0.490 e. The molecule has 74 heavy (non-hydrogen) atoms. The van der Waals surface area contributed by atoms with Crippen LogP contribution in [0.2, 0.25) is 0 Å². The molecule has 2 aliphatic heterocycles. The number of carboxylic acid groups (broad SMARTS) is 4. The summed E-state index contributed by atoms with van der Waals surface area (Å²) in [5.74, 6) is -4.66. The standard InChI is InChI=1S/2C25H29N3O2S.2C2H2O4/c2*1-16-5-3-8-23-24(16)27-25(31-23)18-10-12-28(17(2)13-18)14-19(29)15-30-22-7-4-6-21-20(22)9-11-26-21;2*3-1(4)2(5)6/h2*3-9,11,17-19,26,29H,10,12-15H2,1-2H3;2*(H,3,4)(H,5,6)/t17-,18+,19+;17-,18+,19-;;/m10../s1. The van der Waals surface area contributed by atoms with Crippen molar-refractivity contribution < 1.29 is 59.3 Å². The number of aliphatic carboxylic acids is 4. The number of aromatic nitrogens is 4. The van der Waals surface area contributed by atoms with Crippen LogP contribution in [0.25, 0.3) is 42.2 Å². The van der Waals surface area contributed by atoms with Crippen LogP contribution < -0.4 is 9.47 Å². The van der Waals surface area contributed by atoms with E-state index in [1.165, 1.54) is 30.5 Å². The zero-order chi connectivity index (χ0) is 53.1. The van der Waals surface area contributed by atoms with Crippen molar-refractivity contribution in [2.24, 2.45) is 0 Å². The van der Waals surface area contributed by atoms with Crippen LogP contribution in [0.4, 0.5) is 0 Å². The van der Waals surface area contributed by atoms with E-state index < -0.39 is 36.1 Å². The van der Waals surface area contributed by atoms with Crippen molar-refractivity contribution >= 4 is 88.8 Å². The number of hydrogen-bond donors (Lipinski definition) is 8. The van der Waals surface area contributed by atoms with Gasteiger partial charge in [-0.3, -0.25) is 9.80 Å². The monoisotopic (exact) mass is 1050 g/mol. The molecule has 0 saturated carbocycles. The highest BCUT2D eigenvalue weighted by atomic mass is 32.1. The van der Waals surface area contributed by atoms with Crippen LogP contribution in [0.5, 0.6) is 11.5 Å². The van der Waals surface area contributed by atoms with Crippen LogP contribution in [-0.2, 0) is 19.2 Å². The van der Waals surface area contributed by atoms with Crippen molar-refractivity contribution in [1.82, 2.24) is 29.7 Å². The van der Waals surface area contributed by atoms with E-state index in [1.54, 1.807) is 0 Å². The number of fused-ring (bicyclic) bond motifs is 4. The SMILES string of the molecule is Cc1cccc2sc([C@@H]3CCN(C[C@H](O)COc4cccc5[nH]ccc45)[C@@H](C)C3)nc12.Cc1cccc2sc([C@H]3CCN(C[C@H](O)COc4cccc5[nH]ccc45)[C@H](C)C3)nc12.O=C(O)C(=O)O.O=C(O)C(=O)O. The quantitative estimate of drug-likeness (QED) is 0.0533. The molecule has 0 spiro atoms. The number of nitrogens with zero attached hydrogens (tertiary/aromatic N) is 4. The van der Waals surface area contributed by atoms with Crippen LogP contribution in [0, 0.1) is 13.8 Å². The Bertz CT molecular complexity index is 2950. The second-order valence-corrected chi connectivity index (χ2v) is 20.7. The van der Waals surface area contributed by atoms with E-state index in [0.29, 0.717) is 50.2 Å². The summed E-state index contributed by atoms with van der Waals surface area (Å²) in [7, 11) is 0. The molecular formula is C54H62N6O12S2. The Morgan fingerprint density at radius 3 is 1.32 bits per heavy atom. The van der Waals surface area contributed by atoms with Crippen LogP contribution in [0.15, 0.2) is 97.3 Å². The molecule has 0 unspecified atom stereocenters. The third-order valence-corrected chi connectivity index (χ3v) is 15.6. The predicted molar refractivity (Wildman–Crippen MR) is 285 cm³/mol. The summed E-state index contributed by atoms with van der Waals surface area (Å²) in [6, 6.07) is 29.6. The first-order valence-electron chi connectivity index (χ1n) is 24.3. The number of nitrogens with one attached hydrogen (secondary N) is 2. The molecule has 4 aromatic heterocycles. The summed E-state index contributed by atoms with van der Waals surface area (Å²) in [6.45, 7) is 12.6. The highest BCUT2D eigenvalue weighted by Crippen LogP contribution is 2.38. The van der Waals surface area contributed by atoms with E-state index in [4.69, 9.17) is 59.0 Å². The maximum absolute atomic E-state index is 10.6. The molecule has 2 saturated heterocycles. The number of aromatic amines is 2. The topological polar surface area (TPSA) is 272 Å². The van der Waals surface area contributed by atoms with E-state index in [0.717, 1.165) is 83.1 Å². The highest BCUT2D eigenvalue weighted by Gasteiger charge is 2.31. The van der Waals surface area contributed by atoms with Crippen LogP contribution >= 0.6 is 22.7 Å². The number of aryl methyl sites for hydroxylation is 2. The normalized spacial score (nSPS) is 18.8. The number of piperidine rings is 2. The number of likely N-dealkylation sites (tertiary alicyclic amines) is 2. The summed E-state index contributed by atoms with van der Waals surface area (Å²) in [5, 5.41) is 55.4. The van der Waals surface area contributed by atoms with Crippen molar-refractivity contribution in [3.63, 3.8) is 0 Å². The van der Waals surface area contributed by atoms with Gasteiger partial charge in [-0.2, -0.15) is 0 Å². The number of β-amino-alcohol motifs (C(OH)–C–C–N with tert-alkyl or cyclic N) is 2. The Balaban J connectivity index is 0.000000177. The van der Waals surface area contributed by atoms with Crippen molar-refractivity contribution in [2.75, 3.05) is 39.4 Å². The van der Waals surface area contributed by atoms with Gasteiger partial charge in [-0.25, -0.2) is 29.1 Å². The molecule has 20 heteroatoms. The van der Waals surface area contributed by atoms with Gasteiger partial charge in [-0.15, -0.1) is 22.7 Å². The number of rotatable bonds is 12. The lowest BCUT2D eigenvalue weighted by atomic mass is 9.92. The zero-order valence-corrected chi connectivity index (χ0v) is 43.1.